The Balaban J connectivity index is 2.23. The van der Waals surface area contributed by atoms with E-state index in [0.717, 1.165) is 12.2 Å². The maximum Gasteiger partial charge on any atom is 0.225 e. The van der Waals surface area contributed by atoms with E-state index in [2.05, 4.69) is 5.32 Å². The fraction of sp³-hybridized carbons (Fsp3) is 0.417. The molecular weight excluding hydrogens is 241 g/mol. The molecule has 17 heavy (non-hydrogen) atoms. The summed E-state index contributed by atoms with van der Waals surface area (Å²) in [5, 5.41) is 11.1. The van der Waals surface area contributed by atoms with Crippen LogP contribution >= 0.6 is 11.8 Å². The van der Waals surface area contributed by atoms with Crippen molar-refractivity contribution in [3.8, 4) is 0 Å². The Bertz CT molecular complexity index is 360. The Labute approximate surface area is 104 Å². The summed E-state index contributed by atoms with van der Waals surface area (Å²) in [7, 11) is 0. The number of aliphatic hydroxyl groups excluding tert-OH is 1. The number of para-hydroxylation sites is 1. The second kappa shape index (κ2) is 8.08. The van der Waals surface area contributed by atoms with Crippen molar-refractivity contribution in [2.45, 2.75) is 12.8 Å². The number of thioether (sulfide) groups is 1. The lowest BCUT2D eigenvalue weighted by molar-refractivity contribution is -0.115. The van der Waals surface area contributed by atoms with Crippen molar-refractivity contribution in [2.75, 3.05) is 23.4 Å². The van der Waals surface area contributed by atoms with Gasteiger partial charge in [0.15, 0.2) is 0 Å². The number of benzene rings is 1. The lowest BCUT2D eigenvalue weighted by Crippen LogP contribution is -2.13. The van der Waals surface area contributed by atoms with Gasteiger partial charge in [0.1, 0.15) is 5.82 Å². The van der Waals surface area contributed by atoms with Gasteiger partial charge in [0.25, 0.3) is 0 Å². The topological polar surface area (TPSA) is 49.3 Å². The van der Waals surface area contributed by atoms with Gasteiger partial charge in [-0.05, 0) is 24.3 Å². The standard InChI is InChI=1S/C12H16FNO2S/c13-10-4-1-2-5-11(10)14-12(16)6-9-17-8-3-7-15/h1-2,4-5,15H,3,6-9H2,(H,14,16). The zero-order valence-electron chi connectivity index (χ0n) is 9.49. The minimum absolute atomic E-state index is 0.175. The SMILES string of the molecule is O=C(CCSCCCO)Nc1ccccc1F. The smallest absolute Gasteiger partial charge is 0.225 e. The fourth-order valence-corrected chi connectivity index (χ4v) is 2.08. The van der Waals surface area contributed by atoms with Crippen molar-refractivity contribution >= 4 is 23.4 Å². The molecule has 94 valence electrons. The summed E-state index contributed by atoms with van der Waals surface area (Å²) in [4.78, 5) is 11.5. The van der Waals surface area contributed by atoms with Crippen molar-refractivity contribution in [3.63, 3.8) is 0 Å². The normalized spacial score (nSPS) is 10.2. The molecule has 0 heterocycles. The first kappa shape index (κ1) is 14.0. The van der Waals surface area contributed by atoms with E-state index >= 15 is 0 Å². The number of amides is 1. The number of carbonyl (C=O) groups is 1. The molecule has 0 aromatic heterocycles. The van der Waals surface area contributed by atoms with E-state index in [9.17, 15) is 9.18 Å². The molecule has 3 nitrogen and oxygen atoms in total. The molecule has 0 unspecified atom stereocenters. The van der Waals surface area contributed by atoms with Crippen LogP contribution in [0, 0.1) is 5.82 Å². The van der Waals surface area contributed by atoms with Crippen LogP contribution in [0.5, 0.6) is 0 Å². The number of nitrogens with one attached hydrogen (secondary N) is 1. The molecule has 0 aliphatic carbocycles. The number of carbonyl (C=O) groups excluding carboxylic acids is 1. The van der Waals surface area contributed by atoms with Crippen molar-refractivity contribution < 1.29 is 14.3 Å². The number of aliphatic hydroxyl groups is 1. The molecule has 0 radical (unpaired) electrons. The maximum absolute atomic E-state index is 13.2. The van der Waals surface area contributed by atoms with E-state index in [-0.39, 0.29) is 18.2 Å². The van der Waals surface area contributed by atoms with E-state index in [1.165, 1.54) is 12.1 Å². The Morgan fingerprint density at radius 2 is 2.12 bits per heavy atom. The summed E-state index contributed by atoms with van der Waals surface area (Å²) in [5.41, 5.74) is 0.220. The highest BCUT2D eigenvalue weighted by molar-refractivity contribution is 7.99. The molecule has 0 saturated heterocycles. The van der Waals surface area contributed by atoms with Crippen LogP contribution in [0.1, 0.15) is 12.8 Å². The average Bonchev–Trinajstić information content (AvgIpc) is 2.32. The quantitative estimate of drug-likeness (QED) is 0.737. The van der Waals surface area contributed by atoms with Gasteiger partial charge in [-0.1, -0.05) is 12.1 Å². The molecule has 0 saturated carbocycles. The number of hydrogen-bond acceptors (Lipinski definition) is 3. The van der Waals surface area contributed by atoms with Crippen molar-refractivity contribution in [3.05, 3.63) is 30.1 Å². The van der Waals surface area contributed by atoms with Gasteiger partial charge in [0.2, 0.25) is 5.91 Å². The predicted octanol–water partition coefficient (Wildman–Crippen LogP) is 2.27. The molecule has 5 heteroatoms. The molecule has 0 fully saturated rings. The minimum atomic E-state index is -0.422. The zero-order chi connectivity index (χ0) is 12.5. The monoisotopic (exact) mass is 257 g/mol. The summed E-state index contributed by atoms with van der Waals surface area (Å²) in [5.74, 6) is 0.907. The number of rotatable bonds is 7. The number of anilines is 1. The zero-order valence-corrected chi connectivity index (χ0v) is 10.3. The second-order valence-corrected chi connectivity index (χ2v) is 4.69. The maximum atomic E-state index is 13.2. The first-order chi connectivity index (χ1) is 8.24. The van der Waals surface area contributed by atoms with Gasteiger partial charge in [-0.3, -0.25) is 4.79 Å². The molecule has 2 N–H and O–H groups in total. The Morgan fingerprint density at radius 1 is 1.35 bits per heavy atom. The third-order valence-corrected chi connectivity index (χ3v) is 3.14. The molecule has 0 spiro atoms. The van der Waals surface area contributed by atoms with Crippen LogP contribution in [0.3, 0.4) is 0 Å². The Morgan fingerprint density at radius 3 is 2.82 bits per heavy atom. The van der Waals surface area contributed by atoms with Gasteiger partial charge in [0.05, 0.1) is 5.69 Å². The first-order valence-electron chi connectivity index (χ1n) is 5.47. The van der Waals surface area contributed by atoms with E-state index in [1.54, 1.807) is 23.9 Å². The van der Waals surface area contributed by atoms with E-state index < -0.39 is 5.82 Å². The van der Waals surface area contributed by atoms with Gasteiger partial charge in [-0.15, -0.1) is 0 Å². The second-order valence-electron chi connectivity index (χ2n) is 3.47. The minimum Gasteiger partial charge on any atom is -0.396 e. The van der Waals surface area contributed by atoms with E-state index in [0.29, 0.717) is 12.2 Å². The summed E-state index contributed by atoms with van der Waals surface area (Å²) < 4.78 is 13.2. The third-order valence-electron chi connectivity index (χ3n) is 2.07. The number of hydrogen-bond donors (Lipinski definition) is 2. The summed E-state index contributed by atoms with van der Waals surface area (Å²) in [6.07, 6.45) is 1.09. The lowest BCUT2D eigenvalue weighted by Gasteiger charge is -2.05. The average molecular weight is 257 g/mol. The van der Waals surface area contributed by atoms with Crippen LogP contribution in [0.2, 0.25) is 0 Å². The molecule has 1 aromatic carbocycles. The highest BCUT2D eigenvalue weighted by Crippen LogP contribution is 2.13. The molecule has 0 aliphatic heterocycles. The van der Waals surface area contributed by atoms with Gasteiger partial charge in [-0.25, -0.2) is 4.39 Å². The molecule has 0 bridgehead atoms. The molecular formula is C12H16FNO2S. The molecule has 1 rings (SSSR count). The van der Waals surface area contributed by atoms with Crippen LogP contribution in [0.25, 0.3) is 0 Å². The van der Waals surface area contributed by atoms with E-state index in [1.807, 2.05) is 0 Å². The number of halogens is 1. The highest BCUT2D eigenvalue weighted by atomic mass is 32.2. The predicted molar refractivity (Wildman–Crippen MR) is 68.7 cm³/mol. The van der Waals surface area contributed by atoms with Crippen molar-refractivity contribution in [2.24, 2.45) is 0 Å². The molecule has 0 aliphatic rings. The fourth-order valence-electron chi connectivity index (χ4n) is 1.21. The van der Waals surface area contributed by atoms with Crippen LogP contribution in [0.15, 0.2) is 24.3 Å². The van der Waals surface area contributed by atoms with Crippen LogP contribution < -0.4 is 5.32 Å². The van der Waals surface area contributed by atoms with Crippen molar-refractivity contribution in [1.82, 2.24) is 0 Å². The highest BCUT2D eigenvalue weighted by Gasteiger charge is 2.05. The van der Waals surface area contributed by atoms with E-state index in [4.69, 9.17) is 5.11 Å². The van der Waals surface area contributed by atoms with Gasteiger partial charge in [0, 0.05) is 18.8 Å². The first-order valence-corrected chi connectivity index (χ1v) is 6.62. The van der Waals surface area contributed by atoms with Crippen LogP contribution in [-0.4, -0.2) is 29.1 Å². The van der Waals surface area contributed by atoms with Crippen LogP contribution in [0.4, 0.5) is 10.1 Å². The van der Waals surface area contributed by atoms with Crippen LogP contribution in [-0.2, 0) is 4.79 Å². The molecule has 0 atom stereocenters. The molecule has 1 aromatic rings. The van der Waals surface area contributed by atoms with Crippen molar-refractivity contribution in [1.29, 1.82) is 0 Å². The lowest BCUT2D eigenvalue weighted by atomic mass is 10.3. The molecule has 1 amide bonds. The van der Waals surface area contributed by atoms with Gasteiger partial charge >= 0.3 is 0 Å². The Hall–Kier alpha value is -1.07. The summed E-state index contributed by atoms with van der Waals surface area (Å²) in [6, 6.07) is 6.10. The Kier molecular flexibility index (Phi) is 6.65. The summed E-state index contributed by atoms with van der Waals surface area (Å²) >= 11 is 1.61. The summed E-state index contributed by atoms with van der Waals surface area (Å²) in [6.45, 7) is 0.175. The van der Waals surface area contributed by atoms with Gasteiger partial charge in [-0.2, -0.15) is 11.8 Å². The van der Waals surface area contributed by atoms with Gasteiger partial charge < -0.3 is 10.4 Å². The third kappa shape index (κ3) is 5.70. The largest absolute Gasteiger partial charge is 0.396 e.